The molecule has 0 aliphatic carbocycles. The number of likely N-dealkylation sites (tertiary alicyclic amines) is 1. The second kappa shape index (κ2) is 8.79. The van der Waals surface area contributed by atoms with E-state index in [9.17, 15) is 24.3 Å². The van der Waals surface area contributed by atoms with Gasteiger partial charge in [0, 0.05) is 24.5 Å². The molecule has 28 heavy (non-hydrogen) atoms. The Hall–Kier alpha value is -2.32. The Labute approximate surface area is 171 Å². The lowest BCUT2D eigenvalue weighted by molar-refractivity contribution is -0.152. The molecule has 2 aliphatic heterocycles. The van der Waals surface area contributed by atoms with E-state index in [1.165, 1.54) is 4.90 Å². The lowest BCUT2D eigenvalue weighted by Gasteiger charge is -2.33. The number of carboxylic acid groups (broad SMARTS) is 1. The van der Waals surface area contributed by atoms with Crippen molar-refractivity contribution < 1.29 is 24.3 Å². The van der Waals surface area contributed by atoms with E-state index in [4.69, 9.17) is 11.6 Å². The van der Waals surface area contributed by atoms with Crippen LogP contribution in [0.4, 0.5) is 4.79 Å². The van der Waals surface area contributed by atoms with Gasteiger partial charge >= 0.3 is 5.97 Å². The molecule has 2 saturated heterocycles. The van der Waals surface area contributed by atoms with Crippen molar-refractivity contribution >= 4 is 52.5 Å². The van der Waals surface area contributed by atoms with Gasteiger partial charge in [0.05, 0.1) is 4.91 Å². The van der Waals surface area contributed by atoms with Gasteiger partial charge in [-0.25, -0.2) is 4.79 Å². The van der Waals surface area contributed by atoms with E-state index < -0.39 is 23.2 Å². The van der Waals surface area contributed by atoms with Crippen LogP contribution in [-0.2, 0) is 14.4 Å². The van der Waals surface area contributed by atoms with Crippen molar-refractivity contribution in [3.63, 3.8) is 0 Å². The zero-order valence-electron chi connectivity index (χ0n) is 15.0. The maximum atomic E-state index is 12.5. The van der Waals surface area contributed by atoms with Crippen LogP contribution in [0.3, 0.4) is 0 Å². The van der Waals surface area contributed by atoms with E-state index in [0.717, 1.165) is 29.5 Å². The fourth-order valence-electron chi connectivity index (χ4n) is 3.28. The minimum absolute atomic E-state index is 0.0702. The van der Waals surface area contributed by atoms with Gasteiger partial charge in [-0.3, -0.25) is 19.3 Å². The number of carbonyl (C=O) groups is 4. The first-order valence-corrected chi connectivity index (χ1v) is 10.1. The molecule has 0 saturated carbocycles. The van der Waals surface area contributed by atoms with Crippen molar-refractivity contribution in [1.29, 1.82) is 0 Å². The maximum absolute atomic E-state index is 12.5. The Morgan fingerprint density at radius 2 is 2.07 bits per heavy atom. The zero-order chi connectivity index (χ0) is 20.3. The van der Waals surface area contributed by atoms with Crippen LogP contribution in [0.1, 0.15) is 31.2 Å². The molecule has 1 atom stereocenters. The topological polar surface area (TPSA) is 95.0 Å². The maximum Gasteiger partial charge on any atom is 0.326 e. The molecule has 1 unspecified atom stereocenters. The molecule has 1 aromatic carbocycles. The van der Waals surface area contributed by atoms with Crippen LogP contribution in [0.5, 0.6) is 0 Å². The zero-order valence-corrected chi connectivity index (χ0v) is 16.5. The van der Waals surface area contributed by atoms with Crippen LogP contribution in [0.15, 0.2) is 29.2 Å². The monoisotopic (exact) mass is 422 g/mol. The minimum Gasteiger partial charge on any atom is -0.480 e. The molecule has 0 radical (unpaired) electrons. The summed E-state index contributed by atoms with van der Waals surface area (Å²) in [7, 11) is 0. The number of benzene rings is 1. The number of hydrogen-bond donors (Lipinski definition) is 1. The summed E-state index contributed by atoms with van der Waals surface area (Å²) in [6.45, 7) is 0.311. The third kappa shape index (κ3) is 4.56. The molecular formula is C19H19ClN2O5S. The first kappa shape index (κ1) is 20.4. The van der Waals surface area contributed by atoms with E-state index in [2.05, 4.69) is 0 Å². The molecule has 3 amide bonds. The molecule has 2 heterocycles. The highest BCUT2D eigenvalue weighted by Gasteiger charge is 2.37. The average Bonchev–Trinajstić information content (AvgIpc) is 2.92. The third-order valence-electron chi connectivity index (χ3n) is 4.68. The molecule has 0 spiro atoms. The quantitative estimate of drug-likeness (QED) is 0.732. The summed E-state index contributed by atoms with van der Waals surface area (Å²) >= 11 is 6.75. The van der Waals surface area contributed by atoms with Crippen LogP contribution in [-0.4, -0.2) is 57.1 Å². The molecule has 2 aliphatic rings. The Kier molecular flexibility index (Phi) is 6.41. The summed E-state index contributed by atoms with van der Waals surface area (Å²) in [6.07, 6.45) is 3.43. The summed E-state index contributed by atoms with van der Waals surface area (Å²) in [6, 6.07) is 6.07. The third-order valence-corrected chi connectivity index (χ3v) is 5.82. The van der Waals surface area contributed by atoms with E-state index in [-0.39, 0.29) is 23.8 Å². The Bertz CT molecular complexity index is 856. The molecule has 1 aromatic rings. The lowest BCUT2D eigenvalue weighted by Crippen LogP contribution is -2.48. The number of imide groups is 1. The van der Waals surface area contributed by atoms with Gasteiger partial charge in [0.2, 0.25) is 5.91 Å². The average molecular weight is 423 g/mol. The smallest absolute Gasteiger partial charge is 0.326 e. The summed E-state index contributed by atoms with van der Waals surface area (Å²) in [5, 5.41) is 9.36. The first-order chi connectivity index (χ1) is 13.4. The Morgan fingerprint density at radius 1 is 1.29 bits per heavy atom. The number of rotatable bonds is 5. The van der Waals surface area contributed by atoms with E-state index >= 15 is 0 Å². The second-order valence-electron chi connectivity index (χ2n) is 6.58. The molecule has 1 N–H and O–H groups in total. The van der Waals surface area contributed by atoms with Gasteiger partial charge in [-0.1, -0.05) is 23.7 Å². The highest BCUT2D eigenvalue weighted by Crippen LogP contribution is 2.32. The SMILES string of the molecule is O=C(O)C1CCCCN1C(=O)CCN1C(=O)SC(=Cc2cccc(Cl)c2)C1=O. The molecular weight excluding hydrogens is 404 g/mol. The van der Waals surface area contributed by atoms with Crippen LogP contribution in [0, 0.1) is 0 Å². The van der Waals surface area contributed by atoms with Crippen molar-refractivity contribution in [2.24, 2.45) is 0 Å². The highest BCUT2D eigenvalue weighted by atomic mass is 35.5. The van der Waals surface area contributed by atoms with Gasteiger partial charge in [0.25, 0.3) is 11.1 Å². The predicted molar refractivity (Wildman–Crippen MR) is 106 cm³/mol. The second-order valence-corrected chi connectivity index (χ2v) is 8.00. The van der Waals surface area contributed by atoms with Gasteiger partial charge in [-0.2, -0.15) is 0 Å². The molecule has 148 valence electrons. The van der Waals surface area contributed by atoms with Crippen LogP contribution in [0.2, 0.25) is 5.02 Å². The van der Waals surface area contributed by atoms with E-state index in [0.29, 0.717) is 23.6 Å². The van der Waals surface area contributed by atoms with Crippen LogP contribution >= 0.6 is 23.4 Å². The number of aliphatic carboxylic acids is 1. The number of piperidine rings is 1. The van der Waals surface area contributed by atoms with Crippen LogP contribution in [0.25, 0.3) is 6.08 Å². The van der Waals surface area contributed by atoms with Crippen molar-refractivity contribution in [1.82, 2.24) is 9.80 Å². The molecule has 0 aromatic heterocycles. The number of carbonyl (C=O) groups excluding carboxylic acids is 3. The number of halogens is 1. The summed E-state index contributed by atoms with van der Waals surface area (Å²) in [5.74, 6) is -1.84. The first-order valence-electron chi connectivity index (χ1n) is 8.90. The van der Waals surface area contributed by atoms with Gasteiger partial charge in [0.1, 0.15) is 6.04 Å². The van der Waals surface area contributed by atoms with Gasteiger partial charge in [-0.15, -0.1) is 0 Å². The number of hydrogen-bond acceptors (Lipinski definition) is 5. The predicted octanol–water partition coefficient (Wildman–Crippen LogP) is 3.23. The number of thioether (sulfide) groups is 1. The summed E-state index contributed by atoms with van der Waals surface area (Å²) in [5.41, 5.74) is 0.701. The molecule has 3 rings (SSSR count). The number of amides is 3. The van der Waals surface area contributed by atoms with E-state index in [1.807, 2.05) is 0 Å². The van der Waals surface area contributed by atoms with Gasteiger partial charge in [-0.05, 0) is 54.8 Å². The molecule has 2 fully saturated rings. The fourth-order valence-corrected chi connectivity index (χ4v) is 4.34. The summed E-state index contributed by atoms with van der Waals surface area (Å²) in [4.78, 5) is 51.2. The van der Waals surface area contributed by atoms with Crippen molar-refractivity contribution in [2.75, 3.05) is 13.1 Å². The minimum atomic E-state index is -1.02. The number of nitrogens with zero attached hydrogens (tertiary/aromatic N) is 2. The normalized spacial score (nSPS) is 21.5. The van der Waals surface area contributed by atoms with Gasteiger partial charge in [0.15, 0.2) is 0 Å². The van der Waals surface area contributed by atoms with Gasteiger partial charge < -0.3 is 10.0 Å². The Balaban J connectivity index is 1.64. The molecule has 0 bridgehead atoms. The van der Waals surface area contributed by atoms with Crippen molar-refractivity contribution in [3.05, 3.63) is 39.8 Å². The molecule has 7 nitrogen and oxygen atoms in total. The van der Waals surface area contributed by atoms with Crippen molar-refractivity contribution in [2.45, 2.75) is 31.7 Å². The molecule has 9 heteroatoms. The standard InChI is InChI=1S/C19H19ClN2O5S/c20-13-5-3-4-12(10-13)11-15-17(24)22(19(27)28-15)9-7-16(23)21-8-2-1-6-14(21)18(25)26/h3-5,10-11,14H,1-2,6-9H2,(H,25,26). The van der Waals surface area contributed by atoms with Crippen LogP contribution < -0.4 is 0 Å². The Morgan fingerprint density at radius 3 is 2.79 bits per heavy atom. The summed E-state index contributed by atoms with van der Waals surface area (Å²) < 4.78 is 0. The largest absolute Gasteiger partial charge is 0.480 e. The number of carboxylic acids is 1. The fraction of sp³-hybridized carbons (Fsp3) is 0.368. The van der Waals surface area contributed by atoms with Crippen molar-refractivity contribution in [3.8, 4) is 0 Å². The highest BCUT2D eigenvalue weighted by molar-refractivity contribution is 8.18. The van der Waals surface area contributed by atoms with E-state index in [1.54, 1.807) is 30.3 Å². The lowest BCUT2D eigenvalue weighted by atomic mass is 10.0.